The van der Waals surface area contributed by atoms with E-state index in [0.717, 1.165) is 0 Å². The van der Waals surface area contributed by atoms with Crippen molar-refractivity contribution < 1.29 is 38.4 Å². The summed E-state index contributed by atoms with van der Waals surface area (Å²) in [6.45, 7) is 0.785. The van der Waals surface area contributed by atoms with Crippen LogP contribution in [0.5, 0.6) is 28.7 Å². The van der Waals surface area contributed by atoms with E-state index in [2.05, 4.69) is 0 Å². The lowest BCUT2D eigenvalue weighted by Gasteiger charge is -2.27. The highest BCUT2D eigenvalue weighted by atomic mass is 16.6. The number of ether oxygens (including phenoxy) is 5. The maximum atomic E-state index is 13.5. The van der Waals surface area contributed by atoms with E-state index in [-0.39, 0.29) is 16.9 Å². The molecule has 0 radical (unpaired) electrons. The monoisotopic (exact) mass is 503 g/mol. The third-order valence-corrected chi connectivity index (χ3v) is 6.32. The molecule has 0 bridgehead atoms. The van der Waals surface area contributed by atoms with Crippen molar-refractivity contribution in [2.45, 2.75) is 6.04 Å². The van der Waals surface area contributed by atoms with Crippen molar-refractivity contribution in [3.63, 3.8) is 0 Å². The van der Waals surface area contributed by atoms with E-state index in [4.69, 9.17) is 23.7 Å². The first kappa shape index (κ1) is 24.1. The Morgan fingerprint density at radius 1 is 0.865 bits per heavy atom. The Bertz CT molecular complexity index is 1410. The SMILES string of the molecule is COc1cccc(C2/C(=C(\O)c3cc(OC)ccc3OC)C(=O)C(=O)N2c2ccc3c(c2)OCCO3)c1. The minimum Gasteiger partial charge on any atom is -0.507 e. The van der Waals surface area contributed by atoms with Crippen LogP contribution in [0.1, 0.15) is 17.2 Å². The summed E-state index contributed by atoms with van der Waals surface area (Å²) in [5.41, 5.74) is 1.10. The Balaban J connectivity index is 1.74. The van der Waals surface area contributed by atoms with Crippen LogP contribution in [0.2, 0.25) is 0 Å². The van der Waals surface area contributed by atoms with E-state index in [1.165, 1.54) is 26.2 Å². The van der Waals surface area contributed by atoms with E-state index < -0.39 is 17.7 Å². The largest absolute Gasteiger partial charge is 0.507 e. The van der Waals surface area contributed by atoms with Crippen LogP contribution in [-0.4, -0.2) is 51.3 Å². The van der Waals surface area contributed by atoms with Crippen molar-refractivity contribution in [2.75, 3.05) is 39.4 Å². The number of rotatable bonds is 6. The molecule has 3 aromatic carbocycles. The van der Waals surface area contributed by atoms with Crippen molar-refractivity contribution in [1.82, 2.24) is 0 Å². The maximum absolute atomic E-state index is 13.5. The fourth-order valence-electron chi connectivity index (χ4n) is 4.55. The van der Waals surface area contributed by atoms with Gasteiger partial charge in [0.15, 0.2) is 11.5 Å². The van der Waals surface area contributed by atoms with Crippen LogP contribution in [0.4, 0.5) is 5.69 Å². The topological polar surface area (TPSA) is 104 Å². The number of aliphatic hydroxyl groups excluding tert-OH is 1. The van der Waals surface area contributed by atoms with Gasteiger partial charge in [-0.1, -0.05) is 12.1 Å². The number of aliphatic hydroxyl groups is 1. The molecule has 1 unspecified atom stereocenters. The second kappa shape index (κ2) is 9.77. The fourth-order valence-corrected chi connectivity index (χ4v) is 4.55. The summed E-state index contributed by atoms with van der Waals surface area (Å²) in [7, 11) is 4.46. The Morgan fingerprint density at radius 2 is 1.59 bits per heavy atom. The summed E-state index contributed by atoms with van der Waals surface area (Å²) >= 11 is 0. The van der Waals surface area contributed by atoms with Gasteiger partial charge in [-0.25, -0.2) is 0 Å². The van der Waals surface area contributed by atoms with Crippen LogP contribution in [0.25, 0.3) is 5.76 Å². The fraction of sp³-hybridized carbons (Fsp3) is 0.214. The van der Waals surface area contributed by atoms with Crippen LogP contribution in [0, 0.1) is 0 Å². The minimum atomic E-state index is -0.964. The molecule has 2 heterocycles. The third kappa shape index (κ3) is 4.18. The summed E-state index contributed by atoms with van der Waals surface area (Å²) in [5.74, 6) is 0.272. The number of hydrogen-bond donors (Lipinski definition) is 1. The molecule has 5 rings (SSSR count). The van der Waals surface area contributed by atoms with Gasteiger partial charge in [-0.15, -0.1) is 0 Å². The molecule has 2 aliphatic heterocycles. The average Bonchev–Trinajstić information content (AvgIpc) is 3.21. The molecule has 9 nitrogen and oxygen atoms in total. The zero-order chi connectivity index (χ0) is 26.1. The number of fused-ring (bicyclic) bond motifs is 1. The van der Waals surface area contributed by atoms with Crippen LogP contribution >= 0.6 is 0 Å². The van der Waals surface area contributed by atoms with Gasteiger partial charge in [-0.3, -0.25) is 14.5 Å². The zero-order valence-corrected chi connectivity index (χ0v) is 20.5. The van der Waals surface area contributed by atoms with Gasteiger partial charge in [-0.2, -0.15) is 0 Å². The molecule has 0 aromatic heterocycles. The first-order chi connectivity index (χ1) is 18.0. The van der Waals surface area contributed by atoms with Gasteiger partial charge in [0.1, 0.15) is 36.2 Å². The Morgan fingerprint density at radius 3 is 2.32 bits per heavy atom. The molecule has 37 heavy (non-hydrogen) atoms. The van der Waals surface area contributed by atoms with Gasteiger partial charge in [0.2, 0.25) is 0 Å². The Labute approximate surface area is 213 Å². The highest BCUT2D eigenvalue weighted by molar-refractivity contribution is 6.51. The molecule has 0 aliphatic carbocycles. The average molecular weight is 504 g/mol. The van der Waals surface area contributed by atoms with Gasteiger partial charge in [0, 0.05) is 11.8 Å². The van der Waals surface area contributed by atoms with Crippen LogP contribution in [0.15, 0.2) is 66.2 Å². The molecule has 9 heteroatoms. The van der Waals surface area contributed by atoms with E-state index in [1.54, 1.807) is 60.7 Å². The summed E-state index contributed by atoms with van der Waals surface area (Å²) in [6.07, 6.45) is 0. The van der Waals surface area contributed by atoms with E-state index in [1.807, 2.05) is 0 Å². The Kier molecular flexibility index (Phi) is 6.35. The number of amides is 1. The number of carbonyl (C=O) groups is 2. The molecule has 1 amide bonds. The normalized spacial score (nSPS) is 18.0. The van der Waals surface area contributed by atoms with Gasteiger partial charge in [0.25, 0.3) is 11.7 Å². The van der Waals surface area contributed by atoms with Gasteiger partial charge < -0.3 is 28.8 Å². The van der Waals surface area contributed by atoms with E-state index >= 15 is 0 Å². The highest BCUT2D eigenvalue weighted by Gasteiger charge is 2.47. The second-order valence-electron chi connectivity index (χ2n) is 8.34. The minimum absolute atomic E-state index is 0.0975. The molecule has 1 atom stereocenters. The third-order valence-electron chi connectivity index (χ3n) is 6.32. The van der Waals surface area contributed by atoms with Gasteiger partial charge in [0.05, 0.1) is 38.5 Å². The predicted molar refractivity (Wildman–Crippen MR) is 135 cm³/mol. The van der Waals surface area contributed by atoms with Crippen molar-refractivity contribution in [2.24, 2.45) is 0 Å². The summed E-state index contributed by atoms with van der Waals surface area (Å²) in [4.78, 5) is 28.4. The lowest BCUT2D eigenvalue weighted by atomic mass is 9.94. The highest BCUT2D eigenvalue weighted by Crippen LogP contribution is 2.46. The number of benzene rings is 3. The molecule has 1 saturated heterocycles. The zero-order valence-electron chi connectivity index (χ0n) is 20.5. The second-order valence-corrected chi connectivity index (χ2v) is 8.34. The quantitative estimate of drug-likeness (QED) is 0.305. The Hall–Kier alpha value is -4.66. The lowest BCUT2D eigenvalue weighted by Crippen LogP contribution is -2.29. The number of hydrogen-bond acceptors (Lipinski definition) is 8. The van der Waals surface area contributed by atoms with Gasteiger partial charge >= 0.3 is 0 Å². The van der Waals surface area contributed by atoms with E-state index in [9.17, 15) is 14.7 Å². The molecule has 0 saturated carbocycles. The standard InChI is InChI=1S/C28H25NO8/c1-33-18-6-4-5-16(13-18)25-24(26(30)20-15-19(34-2)8-10-21(20)35-3)27(31)28(32)29(25)17-7-9-22-23(14-17)37-12-11-36-22/h4-10,13-15,25,30H,11-12H2,1-3H3/b26-24+. The predicted octanol–water partition coefficient (Wildman–Crippen LogP) is 4.11. The smallest absolute Gasteiger partial charge is 0.300 e. The van der Waals surface area contributed by atoms with Crippen LogP contribution < -0.4 is 28.6 Å². The number of nitrogens with zero attached hydrogens (tertiary/aromatic N) is 1. The molecular weight excluding hydrogens is 478 g/mol. The molecule has 3 aromatic rings. The molecule has 0 spiro atoms. The summed E-state index contributed by atoms with van der Waals surface area (Å²) in [6, 6.07) is 15.9. The molecule has 1 fully saturated rings. The van der Waals surface area contributed by atoms with Crippen molar-refractivity contribution >= 4 is 23.1 Å². The lowest BCUT2D eigenvalue weighted by molar-refractivity contribution is -0.132. The van der Waals surface area contributed by atoms with Crippen molar-refractivity contribution in [3.8, 4) is 28.7 Å². The summed E-state index contributed by atoms with van der Waals surface area (Å²) in [5, 5.41) is 11.5. The van der Waals surface area contributed by atoms with Gasteiger partial charge in [-0.05, 0) is 48.0 Å². The summed E-state index contributed by atoms with van der Waals surface area (Å²) < 4.78 is 27.4. The van der Waals surface area contributed by atoms with Crippen LogP contribution in [0.3, 0.4) is 0 Å². The number of methoxy groups -OCH3 is 3. The molecule has 1 N–H and O–H groups in total. The van der Waals surface area contributed by atoms with Crippen LogP contribution in [-0.2, 0) is 9.59 Å². The maximum Gasteiger partial charge on any atom is 0.300 e. The molecule has 190 valence electrons. The van der Waals surface area contributed by atoms with Crippen molar-refractivity contribution in [1.29, 1.82) is 0 Å². The molecule has 2 aliphatic rings. The first-order valence-corrected chi connectivity index (χ1v) is 11.5. The van der Waals surface area contributed by atoms with Crippen molar-refractivity contribution in [3.05, 3.63) is 77.4 Å². The molecular formula is C28H25NO8. The number of Topliss-reactive ketones (excluding diaryl/α,β-unsaturated/α-hetero) is 1. The number of anilines is 1. The van der Waals surface area contributed by atoms with E-state index in [0.29, 0.717) is 53.2 Å². The first-order valence-electron chi connectivity index (χ1n) is 11.5. The number of carbonyl (C=O) groups excluding carboxylic acids is 2. The number of ketones is 1.